The lowest BCUT2D eigenvalue weighted by molar-refractivity contribution is 0.395. The van der Waals surface area contributed by atoms with E-state index < -0.39 is 0 Å². The van der Waals surface area contributed by atoms with Gasteiger partial charge in [-0.05, 0) is 24.6 Å². The van der Waals surface area contributed by atoms with E-state index in [1.54, 1.807) is 32.5 Å². The number of aryl methyl sites for hydroxylation is 1. The molecule has 0 radical (unpaired) electrons. The lowest BCUT2D eigenvalue weighted by Gasteiger charge is -2.13. The van der Waals surface area contributed by atoms with Crippen molar-refractivity contribution in [3.63, 3.8) is 0 Å². The Hall–Kier alpha value is -2.61. The largest absolute Gasteiger partial charge is 0.497 e. The maximum Gasteiger partial charge on any atom is 0.232 e. The molecular formula is C14H13N3O2. The van der Waals surface area contributed by atoms with E-state index in [-0.39, 0.29) is 5.82 Å². The van der Waals surface area contributed by atoms with Crippen LogP contribution in [0.1, 0.15) is 11.4 Å². The van der Waals surface area contributed by atoms with E-state index in [1.807, 2.05) is 19.1 Å². The average Bonchev–Trinajstić information content (AvgIpc) is 2.46. The second-order valence-electron chi connectivity index (χ2n) is 3.90. The molecule has 96 valence electrons. The van der Waals surface area contributed by atoms with Crippen LogP contribution in [-0.4, -0.2) is 24.2 Å². The molecule has 0 saturated heterocycles. The minimum Gasteiger partial charge on any atom is -0.497 e. The fourth-order valence-corrected chi connectivity index (χ4v) is 1.88. The van der Waals surface area contributed by atoms with Gasteiger partial charge in [-0.1, -0.05) is 0 Å². The zero-order valence-corrected chi connectivity index (χ0v) is 11.0. The molecule has 0 atom stereocenters. The van der Waals surface area contributed by atoms with Crippen LogP contribution < -0.4 is 9.47 Å². The number of nitriles is 1. The third kappa shape index (κ3) is 2.47. The first-order valence-corrected chi connectivity index (χ1v) is 5.65. The van der Waals surface area contributed by atoms with Gasteiger partial charge in [0, 0.05) is 17.8 Å². The molecule has 0 aliphatic carbocycles. The van der Waals surface area contributed by atoms with Crippen molar-refractivity contribution in [2.45, 2.75) is 6.92 Å². The maximum absolute atomic E-state index is 8.86. The molecule has 0 bridgehead atoms. The summed E-state index contributed by atoms with van der Waals surface area (Å²) < 4.78 is 10.6. The third-order valence-electron chi connectivity index (χ3n) is 2.74. The number of hydrogen-bond donors (Lipinski definition) is 0. The number of rotatable bonds is 3. The molecule has 0 fully saturated rings. The predicted octanol–water partition coefficient (Wildman–Crippen LogP) is 2.34. The van der Waals surface area contributed by atoms with Crippen molar-refractivity contribution in [1.82, 2.24) is 9.97 Å². The van der Waals surface area contributed by atoms with Crippen molar-refractivity contribution in [2.75, 3.05) is 14.2 Å². The highest BCUT2D eigenvalue weighted by molar-refractivity contribution is 5.72. The average molecular weight is 255 g/mol. The highest BCUT2D eigenvalue weighted by Gasteiger charge is 2.13. The van der Waals surface area contributed by atoms with Crippen LogP contribution in [0.25, 0.3) is 11.3 Å². The van der Waals surface area contributed by atoms with Crippen molar-refractivity contribution in [3.8, 4) is 28.8 Å². The Balaban J connectivity index is 2.64. The molecule has 0 spiro atoms. The fraction of sp³-hybridized carbons (Fsp3) is 0.214. The summed E-state index contributed by atoms with van der Waals surface area (Å²) in [6, 6.07) is 7.36. The molecule has 19 heavy (non-hydrogen) atoms. The Bertz CT molecular complexity index is 648. The van der Waals surface area contributed by atoms with Crippen LogP contribution in [0.3, 0.4) is 0 Å². The van der Waals surface area contributed by atoms with Gasteiger partial charge in [0.1, 0.15) is 17.6 Å². The van der Waals surface area contributed by atoms with E-state index in [0.29, 0.717) is 17.2 Å². The van der Waals surface area contributed by atoms with Crippen LogP contribution in [0.5, 0.6) is 11.5 Å². The summed E-state index contributed by atoms with van der Waals surface area (Å²) in [5.74, 6) is 1.50. The van der Waals surface area contributed by atoms with E-state index in [4.69, 9.17) is 14.7 Å². The first-order valence-electron chi connectivity index (χ1n) is 5.65. The zero-order valence-electron chi connectivity index (χ0n) is 11.0. The summed E-state index contributed by atoms with van der Waals surface area (Å²) >= 11 is 0. The van der Waals surface area contributed by atoms with Gasteiger partial charge in [-0.15, -0.1) is 0 Å². The normalized spacial score (nSPS) is 9.79. The monoisotopic (exact) mass is 255 g/mol. The van der Waals surface area contributed by atoms with Crippen LogP contribution in [0.4, 0.5) is 0 Å². The van der Waals surface area contributed by atoms with Crippen LogP contribution in [-0.2, 0) is 0 Å². The molecule has 1 aromatic heterocycles. The summed E-state index contributed by atoms with van der Waals surface area (Å²) in [6.45, 7) is 1.94. The third-order valence-corrected chi connectivity index (χ3v) is 2.74. The highest BCUT2D eigenvalue weighted by Crippen LogP contribution is 2.35. The Morgan fingerprint density at radius 3 is 2.63 bits per heavy atom. The molecule has 0 unspecified atom stereocenters. The summed E-state index contributed by atoms with van der Waals surface area (Å²) in [7, 11) is 3.19. The van der Waals surface area contributed by atoms with Crippen molar-refractivity contribution >= 4 is 0 Å². The molecular weight excluding hydrogens is 242 g/mol. The van der Waals surface area contributed by atoms with Gasteiger partial charge in [0.15, 0.2) is 0 Å². The van der Waals surface area contributed by atoms with Crippen LogP contribution in [0, 0.1) is 18.3 Å². The molecule has 1 aromatic carbocycles. The van der Waals surface area contributed by atoms with Crippen LogP contribution >= 0.6 is 0 Å². The molecule has 1 heterocycles. The zero-order chi connectivity index (χ0) is 13.8. The van der Waals surface area contributed by atoms with Gasteiger partial charge in [0.2, 0.25) is 5.82 Å². The van der Waals surface area contributed by atoms with E-state index in [2.05, 4.69) is 9.97 Å². The first-order chi connectivity index (χ1) is 9.19. The Kier molecular flexibility index (Phi) is 3.62. The van der Waals surface area contributed by atoms with Gasteiger partial charge < -0.3 is 9.47 Å². The standard InChI is InChI=1S/C14H13N3O2/c1-9-6-10(18-2)7-12(19-3)14(9)11-4-5-16-13(8-15)17-11/h4-7H,1-3H3. The van der Waals surface area contributed by atoms with Crippen molar-refractivity contribution in [2.24, 2.45) is 0 Å². The Morgan fingerprint density at radius 1 is 1.21 bits per heavy atom. The lowest BCUT2D eigenvalue weighted by atomic mass is 10.0. The SMILES string of the molecule is COc1cc(C)c(-c2ccnc(C#N)n2)c(OC)c1. The number of hydrogen-bond acceptors (Lipinski definition) is 5. The van der Waals surface area contributed by atoms with Crippen LogP contribution in [0.2, 0.25) is 0 Å². The smallest absolute Gasteiger partial charge is 0.232 e. The molecule has 5 heteroatoms. The Morgan fingerprint density at radius 2 is 2.00 bits per heavy atom. The molecule has 0 N–H and O–H groups in total. The minimum absolute atomic E-state index is 0.134. The van der Waals surface area contributed by atoms with E-state index in [1.165, 1.54) is 0 Å². The minimum atomic E-state index is 0.134. The van der Waals surface area contributed by atoms with E-state index in [9.17, 15) is 0 Å². The topological polar surface area (TPSA) is 68.0 Å². The maximum atomic E-state index is 8.86. The molecule has 0 aliphatic rings. The van der Waals surface area contributed by atoms with Gasteiger partial charge in [-0.2, -0.15) is 5.26 Å². The van der Waals surface area contributed by atoms with E-state index >= 15 is 0 Å². The van der Waals surface area contributed by atoms with Crippen LogP contribution in [0.15, 0.2) is 24.4 Å². The highest BCUT2D eigenvalue weighted by atomic mass is 16.5. The second-order valence-corrected chi connectivity index (χ2v) is 3.90. The second kappa shape index (κ2) is 5.36. The molecule has 5 nitrogen and oxygen atoms in total. The lowest BCUT2D eigenvalue weighted by Crippen LogP contribution is -1.97. The van der Waals surface area contributed by atoms with E-state index in [0.717, 1.165) is 11.1 Å². The number of aromatic nitrogens is 2. The molecule has 0 saturated carbocycles. The van der Waals surface area contributed by atoms with Crippen molar-refractivity contribution in [1.29, 1.82) is 5.26 Å². The number of methoxy groups -OCH3 is 2. The number of benzene rings is 1. The number of nitrogens with zero attached hydrogens (tertiary/aromatic N) is 3. The summed E-state index contributed by atoms with van der Waals surface area (Å²) in [4.78, 5) is 8.06. The van der Waals surface area contributed by atoms with Gasteiger partial charge in [0.25, 0.3) is 0 Å². The first kappa shape index (κ1) is 12.8. The molecule has 0 aliphatic heterocycles. The fourth-order valence-electron chi connectivity index (χ4n) is 1.88. The van der Waals surface area contributed by atoms with Gasteiger partial charge >= 0.3 is 0 Å². The van der Waals surface area contributed by atoms with Gasteiger partial charge in [-0.25, -0.2) is 9.97 Å². The molecule has 0 amide bonds. The summed E-state index contributed by atoms with van der Waals surface area (Å²) in [6.07, 6.45) is 1.56. The molecule has 2 aromatic rings. The van der Waals surface area contributed by atoms with Gasteiger partial charge in [0.05, 0.1) is 19.9 Å². The quantitative estimate of drug-likeness (QED) is 0.842. The Labute approximate surface area is 111 Å². The van der Waals surface area contributed by atoms with Crippen molar-refractivity contribution in [3.05, 3.63) is 35.8 Å². The van der Waals surface area contributed by atoms with Crippen molar-refractivity contribution < 1.29 is 9.47 Å². The summed E-state index contributed by atoms with van der Waals surface area (Å²) in [5, 5.41) is 8.86. The molecule has 2 rings (SSSR count). The number of ether oxygens (including phenoxy) is 2. The predicted molar refractivity (Wildman–Crippen MR) is 70.0 cm³/mol. The van der Waals surface area contributed by atoms with Gasteiger partial charge in [-0.3, -0.25) is 0 Å². The summed E-state index contributed by atoms with van der Waals surface area (Å²) in [5.41, 5.74) is 2.45.